The summed E-state index contributed by atoms with van der Waals surface area (Å²) in [5.74, 6) is 0.567. The molecule has 1 aliphatic rings. The van der Waals surface area contributed by atoms with Crippen LogP contribution in [0.25, 0.3) is 0 Å². The zero-order valence-corrected chi connectivity index (χ0v) is 9.90. The molecule has 1 aromatic heterocycles. The summed E-state index contributed by atoms with van der Waals surface area (Å²) in [4.78, 5) is 15.6. The number of hydrogen-bond donors (Lipinski definition) is 2. The number of anilines is 1. The Labute approximate surface area is 101 Å². The summed E-state index contributed by atoms with van der Waals surface area (Å²) in [6, 6.07) is 3.69. The quantitative estimate of drug-likeness (QED) is 0.840. The number of amides is 2. The first kappa shape index (κ1) is 11.7. The normalized spacial score (nSPS) is 14.9. The van der Waals surface area contributed by atoms with Gasteiger partial charge in [-0.3, -0.25) is 0 Å². The third kappa shape index (κ3) is 3.34. The standard InChI is InChI=1S/C12H17N3O2/c1-2-17-11-7-6-10(8-13-11)15-12(16)14-9-4-3-5-9/h6-9H,2-5H2,1H3,(H2,14,15,16). The molecule has 0 unspecified atom stereocenters. The van der Waals surface area contributed by atoms with Crippen LogP contribution in [-0.2, 0) is 0 Å². The van der Waals surface area contributed by atoms with Crippen LogP contribution in [0.15, 0.2) is 18.3 Å². The van der Waals surface area contributed by atoms with E-state index in [9.17, 15) is 4.79 Å². The molecule has 1 heterocycles. The van der Waals surface area contributed by atoms with E-state index in [1.807, 2.05) is 6.92 Å². The monoisotopic (exact) mass is 235 g/mol. The fraction of sp³-hybridized carbons (Fsp3) is 0.500. The minimum Gasteiger partial charge on any atom is -0.478 e. The highest BCUT2D eigenvalue weighted by Gasteiger charge is 2.19. The van der Waals surface area contributed by atoms with Gasteiger partial charge >= 0.3 is 6.03 Å². The largest absolute Gasteiger partial charge is 0.478 e. The molecule has 5 heteroatoms. The van der Waals surface area contributed by atoms with E-state index < -0.39 is 0 Å². The van der Waals surface area contributed by atoms with Crippen molar-refractivity contribution in [3.05, 3.63) is 18.3 Å². The zero-order chi connectivity index (χ0) is 12.1. The molecule has 1 saturated carbocycles. The van der Waals surface area contributed by atoms with Crippen LogP contribution in [0.3, 0.4) is 0 Å². The number of aromatic nitrogens is 1. The lowest BCUT2D eigenvalue weighted by Gasteiger charge is -2.26. The van der Waals surface area contributed by atoms with Gasteiger partial charge in [-0.05, 0) is 32.3 Å². The molecular formula is C12H17N3O2. The summed E-state index contributed by atoms with van der Waals surface area (Å²) < 4.78 is 5.22. The molecule has 1 aromatic rings. The van der Waals surface area contributed by atoms with E-state index in [4.69, 9.17) is 4.74 Å². The Morgan fingerprint density at radius 2 is 2.35 bits per heavy atom. The van der Waals surface area contributed by atoms with Crippen LogP contribution in [0.2, 0.25) is 0 Å². The molecule has 0 spiro atoms. The van der Waals surface area contributed by atoms with Crippen LogP contribution >= 0.6 is 0 Å². The SMILES string of the molecule is CCOc1ccc(NC(=O)NC2CCC2)cn1. The Kier molecular flexibility index (Phi) is 3.80. The molecule has 0 radical (unpaired) electrons. The number of carbonyl (C=O) groups excluding carboxylic acids is 1. The zero-order valence-electron chi connectivity index (χ0n) is 9.90. The predicted octanol–water partition coefficient (Wildman–Crippen LogP) is 2.15. The van der Waals surface area contributed by atoms with Gasteiger partial charge in [0.2, 0.25) is 5.88 Å². The van der Waals surface area contributed by atoms with Gasteiger partial charge in [-0.25, -0.2) is 9.78 Å². The molecule has 92 valence electrons. The van der Waals surface area contributed by atoms with Gasteiger partial charge in [-0.2, -0.15) is 0 Å². The second-order valence-electron chi connectivity index (χ2n) is 4.04. The fourth-order valence-corrected chi connectivity index (χ4v) is 1.59. The molecule has 0 aliphatic heterocycles. The van der Waals surface area contributed by atoms with Gasteiger partial charge in [0, 0.05) is 12.1 Å². The summed E-state index contributed by atoms with van der Waals surface area (Å²) in [6.07, 6.45) is 4.95. The van der Waals surface area contributed by atoms with Gasteiger partial charge in [0.25, 0.3) is 0 Å². The third-order valence-electron chi connectivity index (χ3n) is 2.73. The van der Waals surface area contributed by atoms with Crippen LogP contribution in [-0.4, -0.2) is 23.7 Å². The molecule has 0 atom stereocenters. The second-order valence-corrected chi connectivity index (χ2v) is 4.04. The molecule has 0 bridgehead atoms. The molecule has 1 aliphatic carbocycles. The Morgan fingerprint density at radius 3 is 2.88 bits per heavy atom. The van der Waals surface area contributed by atoms with Crippen molar-refractivity contribution in [1.82, 2.24) is 10.3 Å². The third-order valence-corrected chi connectivity index (χ3v) is 2.73. The Hall–Kier alpha value is -1.78. The maximum absolute atomic E-state index is 11.5. The van der Waals surface area contributed by atoms with Gasteiger partial charge < -0.3 is 15.4 Å². The number of urea groups is 1. The number of nitrogens with zero attached hydrogens (tertiary/aromatic N) is 1. The lowest BCUT2D eigenvalue weighted by molar-refractivity contribution is 0.240. The Morgan fingerprint density at radius 1 is 1.53 bits per heavy atom. The van der Waals surface area contributed by atoms with Gasteiger partial charge in [0.15, 0.2) is 0 Å². The Bertz CT molecular complexity index is 374. The number of ether oxygens (including phenoxy) is 1. The topological polar surface area (TPSA) is 63.2 Å². The number of pyridine rings is 1. The summed E-state index contributed by atoms with van der Waals surface area (Å²) in [5, 5.41) is 5.64. The van der Waals surface area contributed by atoms with Crippen molar-refractivity contribution in [3.8, 4) is 5.88 Å². The molecule has 5 nitrogen and oxygen atoms in total. The lowest BCUT2D eigenvalue weighted by Crippen LogP contribution is -2.41. The first-order chi connectivity index (χ1) is 8.28. The van der Waals surface area contributed by atoms with Crippen molar-refractivity contribution in [2.45, 2.75) is 32.2 Å². The molecule has 1 fully saturated rings. The number of rotatable bonds is 4. The van der Waals surface area contributed by atoms with Gasteiger partial charge in [-0.1, -0.05) is 0 Å². The highest BCUT2D eigenvalue weighted by molar-refractivity contribution is 5.89. The van der Waals surface area contributed by atoms with E-state index in [1.54, 1.807) is 18.3 Å². The minimum atomic E-state index is -0.166. The number of carbonyl (C=O) groups is 1. The molecule has 17 heavy (non-hydrogen) atoms. The summed E-state index contributed by atoms with van der Waals surface area (Å²) in [5.41, 5.74) is 0.672. The van der Waals surface area contributed by atoms with Crippen molar-refractivity contribution in [3.63, 3.8) is 0 Å². The van der Waals surface area contributed by atoms with Crippen molar-refractivity contribution in [2.24, 2.45) is 0 Å². The maximum atomic E-state index is 11.5. The highest BCUT2D eigenvalue weighted by atomic mass is 16.5. The molecule has 0 aromatic carbocycles. The highest BCUT2D eigenvalue weighted by Crippen LogP contribution is 2.18. The second kappa shape index (κ2) is 5.52. The fourth-order valence-electron chi connectivity index (χ4n) is 1.59. The molecule has 2 amide bonds. The number of hydrogen-bond acceptors (Lipinski definition) is 3. The summed E-state index contributed by atoms with van der Waals surface area (Å²) in [6.45, 7) is 2.49. The molecule has 2 rings (SSSR count). The van der Waals surface area contributed by atoms with Crippen molar-refractivity contribution in [1.29, 1.82) is 0 Å². The van der Waals surface area contributed by atoms with E-state index >= 15 is 0 Å². The summed E-state index contributed by atoms with van der Waals surface area (Å²) in [7, 11) is 0. The van der Waals surface area contributed by atoms with E-state index in [0.29, 0.717) is 24.2 Å². The van der Waals surface area contributed by atoms with E-state index in [2.05, 4.69) is 15.6 Å². The van der Waals surface area contributed by atoms with Gasteiger partial charge in [0.1, 0.15) is 0 Å². The van der Waals surface area contributed by atoms with Crippen LogP contribution in [0.5, 0.6) is 5.88 Å². The Balaban J connectivity index is 1.82. The first-order valence-corrected chi connectivity index (χ1v) is 5.94. The van der Waals surface area contributed by atoms with Crippen molar-refractivity contribution in [2.75, 3.05) is 11.9 Å². The van der Waals surface area contributed by atoms with Gasteiger partial charge in [0.05, 0.1) is 18.5 Å². The van der Waals surface area contributed by atoms with E-state index in [-0.39, 0.29) is 6.03 Å². The van der Waals surface area contributed by atoms with E-state index in [1.165, 1.54) is 6.42 Å². The first-order valence-electron chi connectivity index (χ1n) is 5.94. The van der Waals surface area contributed by atoms with E-state index in [0.717, 1.165) is 12.8 Å². The van der Waals surface area contributed by atoms with Crippen LogP contribution < -0.4 is 15.4 Å². The van der Waals surface area contributed by atoms with Crippen LogP contribution in [0.1, 0.15) is 26.2 Å². The number of nitrogens with one attached hydrogen (secondary N) is 2. The predicted molar refractivity (Wildman–Crippen MR) is 65.2 cm³/mol. The average Bonchev–Trinajstić information content (AvgIpc) is 2.27. The van der Waals surface area contributed by atoms with Gasteiger partial charge in [-0.15, -0.1) is 0 Å². The smallest absolute Gasteiger partial charge is 0.319 e. The summed E-state index contributed by atoms with van der Waals surface area (Å²) >= 11 is 0. The van der Waals surface area contributed by atoms with Crippen molar-refractivity contribution < 1.29 is 9.53 Å². The average molecular weight is 235 g/mol. The molecular weight excluding hydrogens is 218 g/mol. The van der Waals surface area contributed by atoms with Crippen molar-refractivity contribution >= 4 is 11.7 Å². The van der Waals surface area contributed by atoms with Crippen LogP contribution in [0, 0.1) is 0 Å². The molecule has 0 saturated heterocycles. The maximum Gasteiger partial charge on any atom is 0.319 e. The lowest BCUT2D eigenvalue weighted by atomic mass is 9.93. The minimum absolute atomic E-state index is 0.166. The molecule has 2 N–H and O–H groups in total. The van der Waals surface area contributed by atoms with Crippen LogP contribution in [0.4, 0.5) is 10.5 Å².